The van der Waals surface area contributed by atoms with E-state index >= 15 is 0 Å². The van der Waals surface area contributed by atoms with Crippen molar-refractivity contribution < 1.29 is 4.39 Å². The third kappa shape index (κ3) is 2.48. The number of benzene rings is 1. The highest BCUT2D eigenvalue weighted by atomic mass is 19.1. The van der Waals surface area contributed by atoms with Crippen molar-refractivity contribution in [2.75, 3.05) is 17.7 Å². The van der Waals surface area contributed by atoms with Crippen molar-refractivity contribution >= 4 is 16.6 Å². The Morgan fingerprint density at radius 3 is 2.54 bits per heavy atom. The van der Waals surface area contributed by atoms with Gasteiger partial charge < -0.3 is 11.2 Å². The number of hydrogen-bond acceptors (Lipinski definition) is 4. The minimum Gasteiger partial charge on any atom is -0.382 e. The standard InChI is InChI=1S/C17H21FN4O2/c18-13-7-12-15(8-14(13)20-9-10-5-6-10)21(11-3-1-2-4-11)17(24)22(19)16(12)23/h7-8,10-11,20H,1-6,9,19H2. The van der Waals surface area contributed by atoms with Crippen LogP contribution < -0.4 is 22.4 Å². The molecule has 1 aromatic heterocycles. The number of hydrogen-bond donors (Lipinski definition) is 2. The van der Waals surface area contributed by atoms with Crippen molar-refractivity contribution in [1.82, 2.24) is 9.24 Å². The van der Waals surface area contributed by atoms with E-state index in [0.29, 0.717) is 28.3 Å². The quantitative estimate of drug-likeness (QED) is 0.839. The molecule has 2 fully saturated rings. The number of nitrogens with one attached hydrogen (secondary N) is 1. The van der Waals surface area contributed by atoms with Gasteiger partial charge in [0.1, 0.15) is 5.82 Å². The van der Waals surface area contributed by atoms with Gasteiger partial charge in [-0.1, -0.05) is 12.8 Å². The molecule has 0 aliphatic heterocycles. The molecule has 0 unspecified atom stereocenters. The van der Waals surface area contributed by atoms with Crippen LogP contribution in [0.2, 0.25) is 0 Å². The monoisotopic (exact) mass is 332 g/mol. The SMILES string of the molecule is Nn1c(=O)c2cc(F)c(NCC3CC3)cc2n(C2CCCC2)c1=O. The molecule has 0 spiro atoms. The van der Waals surface area contributed by atoms with Gasteiger partial charge in [-0.15, -0.1) is 0 Å². The van der Waals surface area contributed by atoms with Crippen LogP contribution in [0.25, 0.3) is 10.9 Å². The molecule has 0 amide bonds. The molecule has 0 bridgehead atoms. The van der Waals surface area contributed by atoms with Gasteiger partial charge in [-0.2, -0.15) is 4.68 Å². The smallest absolute Gasteiger partial charge is 0.350 e. The molecule has 7 heteroatoms. The first-order valence-electron chi connectivity index (χ1n) is 8.56. The molecule has 24 heavy (non-hydrogen) atoms. The van der Waals surface area contributed by atoms with E-state index in [1.807, 2.05) is 0 Å². The van der Waals surface area contributed by atoms with Gasteiger partial charge in [-0.25, -0.2) is 9.18 Å². The number of nitrogens with two attached hydrogens (primary N) is 1. The summed E-state index contributed by atoms with van der Waals surface area (Å²) in [4.78, 5) is 24.8. The first kappa shape index (κ1) is 15.2. The van der Waals surface area contributed by atoms with Gasteiger partial charge >= 0.3 is 5.69 Å². The maximum atomic E-state index is 14.4. The van der Waals surface area contributed by atoms with Crippen LogP contribution in [0.1, 0.15) is 44.6 Å². The second-order valence-corrected chi connectivity index (χ2v) is 6.94. The number of aromatic nitrogens is 2. The normalized spacial score (nSPS) is 18.4. The molecule has 0 radical (unpaired) electrons. The zero-order valence-corrected chi connectivity index (χ0v) is 13.4. The number of halogens is 1. The van der Waals surface area contributed by atoms with Crippen LogP contribution in [0.5, 0.6) is 0 Å². The van der Waals surface area contributed by atoms with Crippen LogP contribution in [0.4, 0.5) is 10.1 Å². The summed E-state index contributed by atoms with van der Waals surface area (Å²) in [6, 6.07) is 2.80. The molecule has 4 rings (SSSR count). The molecular formula is C17H21FN4O2. The largest absolute Gasteiger partial charge is 0.382 e. The lowest BCUT2D eigenvalue weighted by molar-refractivity contribution is 0.496. The Balaban J connectivity index is 1.91. The minimum absolute atomic E-state index is 0.0112. The van der Waals surface area contributed by atoms with Crippen molar-refractivity contribution in [1.29, 1.82) is 0 Å². The van der Waals surface area contributed by atoms with Crippen LogP contribution in [0.15, 0.2) is 21.7 Å². The maximum absolute atomic E-state index is 14.4. The van der Waals surface area contributed by atoms with Crippen molar-refractivity contribution in [2.45, 2.75) is 44.6 Å². The first-order valence-corrected chi connectivity index (χ1v) is 8.56. The lowest BCUT2D eigenvalue weighted by Crippen LogP contribution is -2.45. The lowest BCUT2D eigenvalue weighted by atomic mass is 10.1. The topological polar surface area (TPSA) is 82.0 Å². The number of fused-ring (bicyclic) bond motifs is 1. The maximum Gasteiger partial charge on any atom is 0.350 e. The van der Waals surface area contributed by atoms with Crippen LogP contribution in [0.3, 0.4) is 0 Å². The van der Waals surface area contributed by atoms with Gasteiger partial charge in [-0.05, 0) is 43.7 Å². The van der Waals surface area contributed by atoms with Gasteiger partial charge in [0.25, 0.3) is 5.56 Å². The summed E-state index contributed by atoms with van der Waals surface area (Å²) in [7, 11) is 0. The Morgan fingerprint density at radius 1 is 1.17 bits per heavy atom. The summed E-state index contributed by atoms with van der Waals surface area (Å²) in [6.07, 6.45) is 6.14. The number of anilines is 1. The summed E-state index contributed by atoms with van der Waals surface area (Å²) >= 11 is 0. The highest BCUT2D eigenvalue weighted by molar-refractivity contribution is 5.82. The van der Waals surface area contributed by atoms with E-state index in [4.69, 9.17) is 5.84 Å². The molecule has 2 saturated carbocycles. The average Bonchev–Trinajstić information content (AvgIpc) is 3.25. The fraction of sp³-hybridized carbons (Fsp3) is 0.529. The summed E-state index contributed by atoms with van der Waals surface area (Å²) in [5, 5.41) is 3.26. The predicted molar refractivity (Wildman–Crippen MR) is 91.3 cm³/mol. The minimum atomic E-state index is -0.656. The van der Waals surface area contributed by atoms with Crippen molar-refractivity contribution in [3.63, 3.8) is 0 Å². The van der Waals surface area contributed by atoms with Crippen LogP contribution in [0, 0.1) is 11.7 Å². The number of rotatable bonds is 4. The number of nitrogen functional groups attached to an aromatic ring is 1. The Labute approximate surface area is 138 Å². The van der Waals surface area contributed by atoms with E-state index in [1.54, 1.807) is 10.6 Å². The molecule has 2 aromatic rings. The fourth-order valence-corrected chi connectivity index (χ4v) is 3.60. The van der Waals surface area contributed by atoms with E-state index in [-0.39, 0.29) is 11.4 Å². The van der Waals surface area contributed by atoms with Crippen LogP contribution >= 0.6 is 0 Å². The molecule has 6 nitrogen and oxygen atoms in total. The van der Waals surface area contributed by atoms with Gasteiger partial charge in [0.2, 0.25) is 0 Å². The second-order valence-electron chi connectivity index (χ2n) is 6.94. The van der Waals surface area contributed by atoms with E-state index in [9.17, 15) is 14.0 Å². The van der Waals surface area contributed by atoms with E-state index in [1.165, 1.54) is 6.07 Å². The summed E-state index contributed by atoms with van der Waals surface area (Å²) < 4.78 is 16.5. The predicted octanol–water partition coefficient (Wildman–Crippen LogP) is 1.95. The third-order valence-corrected chi connectivity index (χ3v) is 5.17. The average molecular weight is 332 g/mol. The molecule has 128 valence electrons. The fourth-order valence-electron chi connectivity index (χ4n) is 3.60. The van der Waals surface area contributed by atoms with Crippen LogP contribution in [-0.2, 0) is 0 Å². The molecule has 0 atom stereocenters. The molecule has 1 aromatic carbocycles. The third-order valence-electron chi connectivity index (χ3n) is 5.17. The first-order chi connectivity index (χ1) is 11.6. The Bertz CT molecular complexity index is 907. The molecular weight excluding hydrogens is 311 g/mol. The second kappa shape index (κ2) is 5.65. The molecule has 2 aliphatic rings. The Kier molecular flexibility index (Phi) is 3.58. The van der Waals surface area contributed by atoms with Gasteiger partial charge in [0.15, 0.2) is 0 Å². The Morgan fingerprint density at radius 2 is 1.88 bits per heavy atom. The van der Waals surface area contributed by atoms with Crippen molar-refractivity contribution in [2.24, 2.45) is 5.92 Å². The zero-order chi connectivity index (χ0) is 16.8. The molecule has 2 aliphatic carbocycles. The number of nitrogens with zero attached hydrogens (tertiary/aromatic N) is 2. The van der Waals surface area contributed by atoms with Gasteiger partial charge in [0.05, 0.1) is 16.6 Å². The Hall–Kier alpha value is -2.31. The van der Waals surface area contributed by atoms with Gasteiger partial charge in [-0.3, -0.25) is 9.36 Å². The summed E-state index contributed by atoms with van der Waals surface area (Å²) in [5.41, 5.74) is -0.371. The van der Waals surface area contributed by atoms with Crippen molar-refractivity contribution in [3.05, 3.63) is 38.8 Å². The van der Waals surface area contributed by atoms with Crippen LogP contribution in [-0.4, -0.2) is 15.8 Å². The highest BCUT2D eigenvalue weighted by Crippen LogP contribution is 2.32. The van der Waals surface area contributed by atoms with E-state index in [2.05, 4.69) is 5.32 Å². The highest BCUT2D eigenvalue weighted by Gasteiger charge is 2.24. The summed E-state index contributed by atoms with van der Waals surface area (Å²) in [5.74, 6) is 5.75. The van der Waals surface area contributed by atoms with E-state index < -0.39 is 17.1 Å². The zero-order valence-electron chi connectivity index (χ0n) is 13.4. The van der Waals surface area contributed by atoms with Crippen molar-refractivity contribution in [3.8, 4) is 0 Å². The van der Waals surface area contributed by atoms with Gasteiger partial charge in [0, 0.05) is 12.6 Å². The van der Waals surface area contributed by atoms with E-state index in [0.717, 1.165) is 38.5 Å². The molecule has 1 heterocycles. The lowest BCUT2D eigenvalue weighted by Gasteiger charge is -2.19. The molecule has 3 N–H and O–H groups in total. The summed E-state index contributed by atoms with van der Waals surface area (Å²) in [6.45, 7) is 0.712. The molecule has 0 saturated heterocycles.